The minimum atomic E-state index is -0.408. The van der Waals surface area contributed by atoms with Gasteiger partial charge in [0.15, 0.2) is 0 Å². The number of β-amino-alcohol motifs (C(OH)–C–C–N with tert-alkyl or cyclic N) is 1. The minimum absolute atomic E-state index is 0. The Bertz CT molecular complexity index is 521. The zero-order valence-electron chi connectivity index (χ0n) is 17.7. The first-order chi connectivity index (χ1) is 12.2. The summed E-state index contributed by atoms with van der Waals surface area (Å²) in [6.45, 7) is 11.1. The molecule has 0 aromatic carbocycles. The Morgan fingerprint density at radius 3 is 2.11 bits per heavy atom. The number of aliphatic hydroxyl groups excluding tert-OH is 1. The quantitative estimate of drug-likeness (QED) is 0.652. The minimum Gasteiger partial charge on any atom is -0.389 e. The largest absolute Gasteiger partial charge is 0.389 e. The van der Waals surface area contributed by atoms with Gasteiger partial charge in [-0.15, -0.1) is 12.4 Å². The van der Waals surface area contributed by atoms with Crippen molar-refractivity contribution >= 4 is 12.4 Å². The van der Waals surface area contributed by atoms with Crippen molar-refractivity contribution in [1.29, 1.82) is 0 Å². The topological polar surface area (TPSA) is 32.7 Å². The van der Waals surface area contributed by atoms with Crippen molar-refractivity contribution in [2.45, 2.75) is 89.8 Å². The maximum absolute atomic E-state index is 10.7. The molecule has 1 heterocycles. The number of hydrogen-bond acceptors (Lipinski definition) is 3. The molecule has 1 atom stereocenters. The maximum Gasteiger partial charge on any atom is 0.0900 e. The van der Waals surface area contributed by atoms with Gasteiger partial charge in [0.1, 0.15) is 0 Å². The normalized spacial score (nSPS) is 40.0. The molecular weight excluding hydrogens is 358 g/mol. The van der Waals surface area contributed by atoms with E-state index in [1.807, 2.05) is 0 Å². The molecule has 156 valence electrons. The molecule has 27 heavy (non-hydrogen) atoms. The number of halogens is 1. The molecule has 0 amide bonds. The van der Waals surface area contributed by atoms with Crippen molar-refractivity contribution in [3.05, 3.63) is 12.2 Å². The molecule has 3 nitrogen and oxygen atoms in total. The zero-order chi connectivity index (χ0) is 18.6. The summed E-state index contributed by atoms with van der Waals surface area (Å²) in [6, 6.07) is 0. The van der Waals surface area contributed by atoms with Crippen LogP contribution >= 0.6 is 12.4 Å². The van der Waals surface area contributed by atoms with Crippen LogP contribution in [0, 0.1) is 23.2 Å². The zero-order valence-corrected chi connectivity index (χ0v) is 18.6. The fourth-order valence-electron chi connectivity index (χ4n) is 7.24. The van der Waals surface area contributed by atoms with Crippen LogP contribution in [0.1, 0.15) is 72.6 Å². The van der Waals surface area contributed by atoms with Crippen molar-refractivity contribution in [3.8, 4) is 0 Å². The Morgan fingerprint density at radius 2 is 1.59 bits per heavy atom. The van der Waals surface area contributed by atoms with Gasteiger partial charge in [-0.25, -0.2) is 0 Å². The van der Waals surface area contributed by atoms with Gasteiger partial charge in [0.05, 0.1) is 19.3 Å². The fourth-order valence-corrected chi connectivity index (χ4v) is 7.24. The highest BCUT2D eigenvalue weighted by atomic mass is 35.5. The van der Waals surface area contributed by atoms with Gasteiger partial charge in [-0.05, 0) is 95.8 Å². The predicted molar refractivity (Wildman–Crippen MR) is 113 cm³/mol. The van der Waals surface area contributed by atoms with E-state index in [2.05, 4.69) is 44.7 Å². The van der Waals surface area contributed by atoms with E-state index in [1.165, 1.54) is 38.5 Å². The average Bonchev–Trinajstić information content (AvgIpc) is 2.49. The van der Waals surface area contributed by atoms with Gasteiger partial charge in [0, 0.05) is 17.6 Å². The third kappa shape index (κ3) is 4.42. The summed E-state index contributed by atoms with van der Waals surface area (Å²) in [6.07, 6.45) is 13.8. The second-order valence-electron chi connectivity index (χ2n) is 11.3. The Morgan fingerprint density at radius 1 is 1.04 bits per heavy atom. The van der Waals surface area contributed by atoms with Crippen molar-refractivity contribution in [2.75, 3.05) is 19.8 Å². The maximum atomic E-state index is 10.7. The van der Waals surface area contributed by atoms with E-state index in [0.29, 0.717) is 18.6 Å². The molecule has 0 aromatic heterocycles. The first-order valence-corrected chi connectivity index (χ1v) is 10.9. The fraction of sp³-hybridized carbons (Fsp3) is 0.913. The third-order valence-electron chi connectivity index (χ3n) is 7.85. The van der Waals surface area contributed by atoms with E-state index in [1.54, 1.807) is 0 Å². The lowest BCUT2D eigenvalue weighted by Crippen LogP contribution is -2.59. The van der Waals surface area contributed by atoms with Crippen LogP contribution in [0.25, 0.3) is 0 Å². The second kappa shape index (κ2) is 7.63. The summed E-state index contributed by atoms with van der Waals surface area (Å²) < 4.78 is 6.16. The molecule has 4 aliphatic carbocycles. The number of nitrogens with zero attached hydrogens (tertiary/aromatic N) is 1. The van der Waals surface area contributed by atoms with E-state index >= 15 is 0 Å². The lowest BCUT2D eigenvalue weighted by atomic mass is 9.50. The van der Waals surface area contributed by atoms with Gasteiger partial charge in [0.2, 0.25) is 0 Å². The summed E-state index contributed by atoms with van der Waals surface area (Å²) in [5, 5.41) is 10.7. The molecule has 4 fully saturated rings. The summed E-state index contributed by atoms with van der Waals surface area (Å²) in [7, 11) is 0. The Hall–Kier alpha value is -0.0900. The monoisotopic (exact) mass is 397 g/mol. The third-order valence-corrected chi connectivity index (χ3v) is 7.85. The van der Waals surface area contributed by atoms with Gasteiger partial charge in [0.25, 0.3) is 0 Å². The highest BCUT2D eigenvalue weighted by molar-refractivity contribution is 5.85. The highest BCUT2D eigenvalue weighted by Gasteiger charge is 2.51. The van der Waals surface area contributed by atoms with Crippen molar-refractivity contribution in [1.82, 2.24) is 4.90 Å². The van der Waals surface area contributed by atoms with E-state index in [-0.39, 0.29) is 23.5 Å². The van der Waals surface area contributed by atoms with E-state index < -0.39 is 6.10 Å². The van der Waals surface area contributed by atoms with Gasteiger partial charge in [-0.2, -0.15) is 0 Å². The Kier molecular flexibility index (Phi) is 6.11. The van der Waals surface area contributed by atoms with Crippen LogP contribution < -0.4 is 0 Å². The average molecular weight is 398 g/mol. The molecule has 5 aliphatic rings. The molecule has 0 saturated heterocycles. The van der Waals surface area contributed by atoms with Crippen LogP contribution in [0.3, 0.4) is 0 Å². The van der Waals surface area contributed by atoms with E-state index in [4.69, 9.17) is 4.74 Å². The number of aliphatic hydroxyl groups is 1. The van der Waals surface area contributed by atoms with Crippen LogP contribution in [0.5, 0.6) is 0 Å². The highest BCUT2D eigenvalue weighted by Crippen LogP contribution is 2.60. The standard InChI is InChI=1S/C23H39NO2.ClH/c1-21(2)6-5-7-22(3,4)24(21)14-20(25)15-26-16-23-11-17-8-18(12-23)10-19(9-17)13-23;/h5-6,17-20,25H,7-16H2,1-4H3;1H. The SMILES string of the molecule is CC1(C)C=CCC(C)(C)N1CC(O)COCC12CC3CC(CC(C3)C1)C2.Cl. The van der Waals surface area contributed by atoms with Gasteiger partial charge < -0.3 is 9.84 Å². The molecule has 4 heteroatoms. The molecule has 1 N–H and O–H groups in total. The van der Waals surface area contributed by atoms with Crippen LogP contribution in [0.2, 0.25) is 0 Å². The van der Waals surface area contributed by atoms with Crippen molar-refractivity contribution < 1.29 is 9.84 Å². The molecule has 4 saturated carbocycles. The number of rotatable bonds is 6. The molecule has 4 bridgehead atoms. The number of ether oxygens (including phenoxy) is 1. The molecular formula is C23H40ClNO2. The first kappa shape index (κ1) is 21.6. The smallest absolute Gasteiger partial charge is 0.0900 e. The Balaban J connectivity index is 0.00000210. The molecule has 1 unspecified atom stereocenters. The van der Waals surface area contributed by atoms with Gasteiger partial charge >= 0.3 is 0 Å². The molecule has 0 spiro atoms. The predicted octanol–water partition coefficient (Wildman–Crippen LogP) is 4.82. The molecule has 5 rings (SSSR count). The molecule has 1 aliphatic heterocycles. The molecule has 0 aromatic rings. The number of hydrogen-bond donors (Lipinski definition) is 1. The van der Waals surface area contributed by atoms with Crippen molar-refractivity contribution in [2.24, 2.45) is 23.2 Å². The first-order valence-electron chi connectivity index (χ1n) is 10.9. The van der Waals surface area contributed by atoms with Crippen LogP contribution in [0.4, 0.5) is 0 Å². The lowest BCUT2D eigenvalue weighted by molar-refractivity contribution is -0.110. The Labute approximate surface area is 172 Å². The summed E-state index contributed by atoms with van der Waals surface area (Å²) in [5.41, 5.74) is 0.517. The lowest BCUT2D eigenvalue weighted by Gasteiger charge is -2.56. The summed E-state index contributed by atoms with van der Waals surface area (Å²) in [5.74, 6) is 2.91. The van der Waals surface area contributed by atoms with E-state index in [9.17, 15) is 5.11 Å². The summed E-state index contributed by atoms with van der Waals surface area (Å²) in [4.78, 5) is 2.44. The van der Waals surface area contributed by atoms with Crippen molar-refractivity contribution in [3.63, 3.8) is 0 Å². The summed E-state index contributed by atoms with van der Waals surface area (Å²) >= 11 is 0. The van der Waals surface area contributed by atoms with Crippen LogP contribution in [0.15, 0.2) is 12.2 Å². The van der Waals surface area contributed by atoms with Gasteiger partial charge in [-0.3, -0.25) is 4.90 Å². The van der Waals surface area contributed by atoms with Crippen LogP contribution in [-0.2, 0) is 4.74 Å². The van der Waals surface area contributed by atoms with E-state index in [0.717, 1.165) is 30.8 Å². The van der Waals surface area contributed by atoms with Crippen LogP contribution in [-0.4, -0.2) is 46.9 Å². The molecule has 0 radical (unpaired) electrons. The van der Waals surface area contributed by atoms with Gasteiger partial charge in [-0.1, -0.05) is 12.2 Å². The second-order valence-corrected chi connectivity index (χ2v) is 11.3.